The minimum atomic E-state index is -0.124. The quantitative estimate of drug-likeness (QED) is 0.505. The van der Waals surface area contributed by atoms with Crippen molar-refractivity contribution in [3.05, 3.63) is 96.6 Å². The lowest BCUT2D eigenvalue weighted by molar-refractivity contribution is 0.0667. The largest absolute Gasteiger partial charge is 0.459 e. The number of benzene rings is 2. The van der Waals surface area contributed by atoms with E-state index >= 15 is 0 Å². The van der Waals surface area contributed by atoms with E-state index in [1.165, 1.54) is 6.26 Å². The van der Waals surface area contributed by atoms with Gasteiger partial charge in [0.25, 0.3) is 11.8 Å². The molecule has 2 aromatic carbocycles. The standard InChI is InChI=1S/C26H24N4O3/c31-25(28-21-12-15-29(16-13-21)26(32)24-10-5-17-33-24)20-8-4-9-22(18-20)30-23(11-14-27-30)19-6-2-1-3-7-19/h1-11,14,17-18,21H,12-13,15-16H2,(H,28,31). The molecule has 2 aromatic heterocycles. The second-order valence-corrected chi connectivity index (χ2v) is 8.06. The summed E-state index contributed by atoms with van der Waals surface area (Å²) in [7, 11) is 0. The Kier molecular flexibility index (Phi) is 5.76. The predicted molar refractivity (Wildman–Crippen MR) is 124 cm³/mol. The van der Waals surface area contributed by atoms with Crippen molar-refractivity contribution in [1.29, 1.82) is 0 Å². The Morgan fingerprint density at radius 3 is 2.52 bits per heavy atom. The average molecular weight is 441 g/mol. The van der Waals surface area contributed by atoms with Gasteiger partial charge in [-0.05, 0) is 49.2 Å². The van der Waals surface area contributed by atoms with E-state index in [1.54, 1.807) is 29.3 Å². The van der Waals surface area contributed by atoms with Crippen LogP contribution in [0.15, 0.2) is 89.7 Å². The summed E-state index contributed by atoms with van der Waals surface area (Å²) in [6, 6.07) is 22.9. The molecule has 0 radical (unpaired) electrons. The van der Waals surface area contributed by atoms with E-state index in [0.29, 0.717) is 37.3 Å². The number of nitrogens with zero attached hydrogens (tertiary/aromatic N) is 3. The first-order valence-electron chi connectivity index (χ1n) is 11.0. The third-order valence-electron chi connectivity index (χ3n) is 5.91. The maximum absolute atomic E-state index is 13.0. The normalized spacial score (nSPS) is 14.2. The van der Waals surface area contributed by atoms with Gasteiger partial charge in [0.2, 0.25) is 0 Å². The Morgan fingerprint density at radius 2 is 1.76 bits per heavy atom. The van der Waals surface area contributed by atoms with Gasteiger partial charge in [0.1, 0.15) is 0 Å². The molecule has 4 aromatic rings. The summed E-state index contributed by atoms with van der Waals surface area (Å²) in [6.07, 6.45) is 4.66. The summed E-state index contributed by atoms with van der Waals surface area (Å²) in [5.41, 5.74) is 3.42. The molecule has 2 amide bonds. The van der Waals surface area contributed by atoms with Crippen LogP contribution in [0.25, 0.3) is 16.9 Å². The van der Waals surface area contributed by atoms with Gasteiger partial charge in [-0.25, -0.2) is 4.68 Å². The number of hydrogen-bond acceptors (Lipinski definition) is 4. The number of carbonyl (C=O) groups excluding carboxylic acids is 2. The summed E-state index contributed by atoms with van der Waals surface area (Å²) < 4.78 is 7.05. The lowest BCUT2D eigenvalue weighted by Crippen LogP contribution is -2.46. The first-order chi connectivity index (χ1) is 16.2. The van der Waals surface area contributed by atoms with Crippen LogP contribution in [0, 0.1) is 0 Å². The van der Waals surface area contributed by atoms with Crippen molar-refractivity contribution < 1.29 is 14.0 Å². The van der Waals surface area contributed by atoms with E-state index in [9.17, 15) is 9.59 Å². The molecule has 0 atom stereocenters. The number of likely N-dealkylation sites (tertiary alicyclic amines) is 1. The third-order valence-corrected chi connectivity index (χ3v) is 5.91. The smallest absolute Gasteiger partial charge is 0.289 e. The SMILES string of the molecule is O=C(NC1CCN(C(=O)c2ccco2)CC1)c1cccc(-n2nccc2-c2ccccc2)c1. The van der Waals surface area contributed by atoms with Crippen LogP contribution in [0.2, 0.25) is 0 Å². The molecule has 1 saturated heterocycles. The second-order valence-electron chi connectivity index (χ2n) is 8.06. The van der Waals surface area contributed by atoms with Crippen molar-refractivity contribution in [3.8, 4) is 16.9 Å². The molecule has 5 rings (SSSR count). The van der Waals surface area contributed by atoms with Gasteiger partial charge in [-0.2, -0.15) is 5.10 Å². The van der Waals surface area contributed by atoms with Gasteiger partial charge < -0.3 is 14.6 Å². The highest BCUT2D eigenvalue weighted by Gasteiger charge is 2.26. The highest BCUT2D eigenvalue weighted by molar-refractivity contribution is 5.95. The summed E-state index contributed by atoms with van der Waals surface area (Å²) in [6.45, 7) is 1.16. The van der Waals surface area contributed by atoms with Gasteiger partial charge in [-0.1, -0.05) is 36.4 Å². The zero-order valence-corrected chi connectivity index (χ0v) is 18.1. The maximum atomic E-state index is 13.0. The molecular formula is C26H24N4O3. The van der Waals surface area contributed by atoms with Gasteiger partial charge in [-0.3, -0.25) is 9.59 Å². The molecule has 1 aliphatic rings. The molecule has 0 unspecified atom stereocenters. The van der Waals surface area contributed by atoms with Crippen LogP contribution in [0.3, 0.4) is 0 Å². The molecular weight excluding hydrogens is 416 g/mol. The molecule has 0 bridgehead atoms. The fourth-order valence-electron chi connectivity index (χ4n) is 4.17. The van der Waals surface area contributed by atoms with Crippen LogP contribution < -0.4 is 5.32 Å². The van der Waals surface area contributed by atoms with E-state index in [-0.39, 0.29) is 17.9 Å². The van der Waals surface area contributed by atoms with Gasteiger partial charge in [0, 0.05) is 30.3 Å². The fourth-order valence-corrected chi connectivity index (χ4v) is 4.17. The summed E-state index contributed by atoms with van der Waals surface area (Å²) >= 11 is 0. The zero-order valence-electron chi connectivity index (χ0n) is 18.1. The number of furan rings is 1. The molecule has 1 aliphatic heterocycles. The topological polar surface area (TPSA) is 80.4 Å². The van der Waals surface area contributed by atoms with Crippen molar-refractivity contribution in [2.75, 3.05) is 13.1 Å². The lowest BCUT2D eigenvalue weighted by Gasteiger charge is -2.31. The minimum Gasteiger partial charge on any atom is -0.459 e. The molecule has 0 spiro atoms. The fraction of sp³-hybridized carbons (Fsp3) is 0.192. The Labute approximate surface area is 191 Å². The Hall–Kier alpha value is -4.13. The van der Waals surface area contributed by atoms with E-state index in [1.807, 2.05) is 59.3 Å². The average Bonchev–Trinajstić information content (AvgIpc) is 3.57. The molecule has 7 heteroatoms. The van der Waals surface area contributed by atoms with Crippen LogP contribution in [-0.4, -0.2) is 45.6 Å². The van der Waals surface area contributed by atoms with Crippen LogP contribution in [0.5, 0.6) is 0 Å². The van der Waals surface area contributed by atoms with Gasteiger partial charge in [0.05, 0.1) is 23.8 Å². The van der Waals surface area contributed by atoms with Gasteiger partial charge >= 0.3 is 0 Å². The maximum Gasteiger partial charge on any atom is 0.289 e. The zero-order chi connectivity index (χ0) is 22.6. The van der Waals surface area contributed by atoms with Crippen molar-refractivity contribution in [3.63, 3.8) is 0 Å². The van der Waals surface area contributed by atoms with E-state index in [0.717, 1.165) is 16.9 Å². The van der Waals surface area contributed by atoms with E-state index in [2.05, 4.69) is 10.4 Å². The van der Waals surface area contributed by atoms with E-state index < -0.39 is 0 Å². The van der Waals surface area contributed by atoms with Crippen LogP contribution in [0.4, 0.5) is 0 Å². The third kappa shape index (κ3) is 4.43. The number of hydrogen-bond donors (Lipinski definition) is 1. The van der Waals surface area contributed by atoms with Crippen molar-refractivity contribution >= 4 is 11.8 Å². The highest BCUT2D eigenvalue weighted by atomic mass is 16.3. The number of nitrogens with one attached hydrogen (secondary N) is 1. The number of carbonyl (C=O) groups is 2. The van der Waals surface area contributed by atoms with E-state index in [4.69, 9.17) is 4.42 Å². The number of rotatable bonds is 5. The summed E-state index contributed by atoms with van der Waals surface area (Å²) in [5.74, 6) is 0.120. The summed E-state index contributed by atoms with van der Waals surface area (Å²) in [4.78, 5) is 27.2. The second kappa shape index (κ2) is 9.16. The molecule has 166 valence electrons. The molecule has 3 heterocycles. The Bertz CT molecular complexity index is 1240. The highest BCUT2D eigenvalue weighted by Crippen LogP contribution is 2.23. The van der Waals surface area contributed by atoms with Crippen LogP contribution in [0.1, 0.15) is 33.8 Å². The first-order valence-corrected chi connectivity index (χ1v) is 11.0. The van der Waals surface area contributed by atoms with Crippen LogP contribution >= 0.6 is 0 Å². The van der Waals surface area contributed by atoms with Gasteiger partial charge in [0.15, 0.2) is 5.76 Å². The Balaban J connectivity index is 1.25. The lowest BCUT2D eigenvalue weighted by atomic mass is 10.0. The van der Waals surface area contributed by atoms with Crippen molar-refractivity contribution in [2.45, 2.75) is 18.9 Å². The molecule has 1 N–H and O–H groups in total. The molecule has 0 saturated carbocycles. The molecule has 0 aliphatic carbocycles. The summed E-state index contributed by atoms with van der Waals surface area (Å²) in [5, 5.41) is 7.58. The number of amides is 2. The minimum absolute atomic E-state index is 0.0198. The molecule has 1 fully saturated rings. The predicted octanol–water partition coefficient (Wildman–Crippen LogP) is 4.17. The number of aromatic nitrogens is 2. The molecule has 7 nitrogen and oxygen atoms in total. The Morgan fingerprint density at radius 1 is 0.939 bits per heavy atom. The molecule has 33 heavy (non-hydrogen) atoms. The first kappa shape index (κ1) is 20.8. The van der Waals surface area contributed by atoms with Crippen molar-refractivity contribution in [1.82, 2.24) is 20.0 Å². The number of piperidine rings is 1. The van der Waals surface area contributed by atoms with Crippen LogP contribution in [-0.2, 0) is 0 Å². The van der Waals surface area contributed by atoms with Crippen molar-refractivity contribution in [2.24, 2.45) is 0 Å². The monoisotopic (exact) mass is 440 g/mol. The van der Waals surface area contributed by atoms with Gasteiger partial charge in [-0.15, -0.1) is 0 Å².